The summed E-state index contributed by atoms with van der Waals surface area (Å²) < 4.78 is 41.5. The number of aromatic nitrogens is 1. The van der Waals surface area contributed by atoms with Crippen LogP contribution in [0.15, 0.2) is 76.9 Å². The Morgan fingerprint density at radius 3 is 2.34 bits per heavy atom. The number of hydrogen-bond acceptors (Lipinski definition) is 4. The minimum absolute atomic E-state index is 0.0236. The monoisotopic (exact) mass is 520 g/mol. The Morgan fingerprint density at radius 1 is 1.03 bits per heavy atom. The van der Waals surface area contributed by atoms with Gasteiger partial charge < -0.3 is 9.47 Å². The normalized spacial score (nSPS) is 16.1. The number of nitriles is 1. The van der Waals surface area contributed by atoms with E-state index >= 15 is 0 Å². The number of rotatable bonds is 4. The summed E-state index contributed by atoms with van der Waals surface area (Å²) in [7, 11) is 3.04. The first-order valence-electron chi connectivity index (χ1n) is 11.5. The van der Waals surface area contributed by atoms with Gasteiger partial charge in [0.25, 0.3) is 0 Å². The van der Waals surface area contributed by atoms with Crippen LogP contribution in [0, 0.1) is 11.3 Å². The van der Waals surface area contributed by atoms with Crippen LogP contribution in [0.2, 0.25) is 0 Å². The number of nitrogens with zero attached hydrogens (tertiary/aromatic N) is 4. The molecule has 194 valence electrons. The Bertz CT molecular complexity index is 1600. The molecule has 0 radical (unpaired) electrons. The molecule has 2 aromatic carbocycles. The summed E-state index contributed by atoms with van der Waals surface area (Å²) in [5, 5.41) is 9.51. The van der Waals surface area contributed by atoms with Crippen molar-refractivity contribution in [1.29, 1.82) is 5.26 Å². The van der Waals surface area contributed by atoms with E-state index in [0.717, 1.165) is 17.0 Å². The number of benzene rings is 2. The van der Waals surface area contributed by atoms with Gasteiger partial charge in [-0.2, -0.15) is 18.4 Å². The quantitative estimate of drug-likeness (QED) is 0.460. The molecule has 3 aromatic rings. The van der Waals surface area contributed by atoms with Gasteiger partial charge in [0.2, 0.25) is 5.56 Å². The van der Waals surface area contributed by atoms with Gasteiger partial charge in [0, 0.05) is 37.6 Å². The maximum Gasteiger partial charge on any atom is 0.416 e. The molecule has 7 nitrogen and oxygen atoms in total. The molecule has 0 bridgehead atoms. The second-order valence-corrected chi connectivity index (χ2v) is 9.02. The van der Waals surface area contributed by atoms with E-state index in [4.69, 9.17) is 0 Å². The molecule has 38 heavy (non-hydrogen) atoms. The van der Waals surface area contributed by atoms with Crippen molar-refractivity contribution < 1.29 is 22.8 Å². The van der Waals surface area contributed by atoms with Gasteiger partial charge in [0.15, 0.2) is 5.78 Å². The minimum atomic E-state index is -4.61. The van der Waals surface area contributed by atoms with Gasteiger partial charge in [-0.25, -0.2) is 4.79 Å². The third kappa shape index (κ3) is 4.59. The molecule has 1 unspecified atom stereocenters. The van der Waals surface area contributed by atoms with Crippen LogP contribution >= 0.6 is 0 Å². The molecule has 1 aliphatic rings. The van der Waals surface area contributed by atoms with Gasteiger partial charge in [0.1, 0.15) is 0 Å². The number of halogens is 3. The molecule has 2 heterocycles. The van der Waals surface area contributed by atoms with Gasteiger partial charge in [-0.3, -0.25) is 14.5 Å². The van der Waals surface area contributed by atoms with E-state index in [-0.39, 0.29) is 28.3 Å². The third-order valence-corrected chi connectivity index (χ3v) is 6.56. The predicted octanol–water partition coefficient (Wildman–Crippen LogP) is 5.42. The summed E-state index contributed by atoms with van der Waals surface area (Å²) >= 11 is 0. The number of hydrogen-bond donors (Lipinski definition) is 0. The largest absolute Gasteiger partial charge is 0.416 e. The van der Waals surface area contributed by atoms with Crippen molar-refractivity contribution in [3.63, 3.8) is 0 Å². The number of carbonyl (C=O) groups is 2. The third-order valence-electron chi connectivity index (χ3n) is 6.56. The van der Waals surface area contributed by atoms with Gasteiger partial charge in [-0.15, -0.1) is 0 Å². The van der Waals surface area contributed by atoms with Crippen molar-refractivity contribution in [2.75, 3.05) is 11.9 Å². The number of anilines is 1. The standard InChI is InChI=1S/C28H23F3N4O3/c1-16-25(17(2)36)26(34(4)27(38)35(16)21-7-5-6-20(13-21)28(29,30)31)22-10-8-18(14-32)12-23(22)19-9-11-24(37)33(3)15-19/h5-13,15,26H,1-4H3. The van der Waals surface area contributed by atoms with E-state index < -0.39 is 23.8 Å². The van der Waals surface area contributed by atoms with Crippen LogP contribution in [-0.4, -0.2) is 28.3 Å². The number of allylic oxidation sites excluding steroid dienone is 1. The van der Waals surface area contributed by atoms with Crippen molar-refractivity contribution in [3.8, 4) is 17.2 Å². The Hall–Kier alpha value is -4.65. The summed E-state index contributed by atoms with van der Waals surface area (Å²) in [5.74, 6) is -0.375. The van der Waals surface area contributed by atoms with Crippen molar-refractivity contribution in [1.82, 2.24) is 9.47 Å². The number of urea groups is 1. The lowest BCUT2D eigenvalue weighted by Gasteiger charge is -2.42. The number of pyridine rings is 1. The molecule has 1 atom stereocenters. The van der Waals surface area contributed by atoms with E-state index in [1.807, 2.05) is 0 Å². The summed E-state index contributed by atoms with van der Waals surface area (Å²) in [6, 6.07) is 12.7. The van der Waals surface area contributed by atoms with E-state index in [0.29, 0.717) is 22.3 Å². The lowest BCUT2D eigenvalue weighted by atomic mass is 9.86. The van der Waals surface area contributed by atoms with Gasteiger partial charge in [-0.05, 0) is 66.9 Å². The average Bonchev–Trinajstić information content (AvgIpc) is 2.87. The number of Topliss-reactive ketones (excluding diaryl/α,β-unsaturated/α-hetero) is 1. The molecule has 0 aliphatic carbocycles. The van der Waals surface area contributed by atoms with Gasteiger partial charge in [-0.1, -0.05) is 12.1 Å². The maximum absolute atomic E-state index is 13.6. The fraction of sp³-hybridized carbons (Fsp3) is 0.214. The molecule has 0 spiro atoms. The lowest BCUT2D eigenvalue weighted by Crippen LogP contribution is -2.49. The molecule has 0 N–H and O–H groups in total. The highest BCUT2D eigenvalue weighted by molar-refractivity contribution is 6.05. The molecule has 0 saturated heterocycles. The van der Waals surface area contributed by atoms with Crippen LogP contribution in [0.25, 0.3) is 11.1 Å². The highest BCUT2D eigenvalue weighted by Gasteiger charge is 2.41. The Balaban J connectivity index is 1.96. The fourth-order valence-corrected chi connectivity index (χ4v) is 4.73. The summed E-state index contributed by atoms with van der Waals surface area (Å²) in [6.45, 7) is 2.85. The predicted molar refractivity (Wildman–Crippen MR) is 135 cm³/mol. The molecule has 1 aliphatic heterocycles. The van der Waals surface area contributed by atoms with Crippen LogP contribution in [0.1, 0.15) is 36.6 Å². The van der Waals surface area contributed by atoms with Crippen LogP contribution in [0.5, 0.6) is 0 Å². The molecule has 0 fully saturated rings. The number of likely N-dealkylation sites (N-methyl/N-ethyl adjacent to an activating group) is 1. The Kier molecular flexibility index (Phi) is 6.72. The van der Waals surface area contributed by atoms with Crippen molar-refractivity contribution >= 4 is 17.5 Å². The van der Waals surface area contributed by atoms with Crippen molar-refractivity contribution in [2.24, 2.45) is 7.05 Å². The average molecular weight is 521 g/mol. The zero-order chi connectivity index (χ0) is 27.9. The number of ketones is 1. The summed E-state index contributed by atoms with van der Waals surface area (Å²) in [6.07, 6.45) is -3.02. The molecule has 10 heteroatoms. The van der Waals surface area contributed by atoms with Crippen molar-refractivity contribution in [2.45, 2.75) is 26.1 Å². The zero-order valence-electron chi connectivity index (χ0n) is 21.0. The first-order valence-corrected chi connectivity index (χ1v) is 11.5. The summed E-state index contributed by atoms with van der Waals surface area (Å²) in [4.78, 5) is 41.0. The number of carbonyl (C=O) groups excluding carboxylic acids is 2. The SMILES string of the molecule is CC(=O)C1=C(C)N(c2cccc(C(F)(F)F)c2)C(=O)N(C)C1c1ccc(C#N)cc1-c1ccc(=O)n(C)c1. The molecular formula is C28H23F3N4O3. The Labute approximate surface area is 216 Å². The van der Waals surface area contributed by atoms with Crippen LogP contribution in [0.3, 0.4) is 0 Å². The summed E-state index contributed by atoms with van der Waals surface area (Å²) in [5.41, 5.74) is 1.18. The van der Waals surface area contributed by atoms with E-state index in [1.54, 1.807) is 37.5 Å². The molecule has 1 aromatic heterocycles. The van der Waals surface area contributed by atoms with Crippen molar-refractivity contribution in [3.05, 3.63) is 99.1 Å². The van der Waals surface area contributed by atoms with Gasteiger partial charge in [0.05, 0.1) is 28.9 Å². The van der Waals surface area contributed by atoms with E-state index in [1.165, 1.54) is 48.6 Å². The number of amides is 2. The molecule has 4 rings (SSSR count). The lowest BCUT2D eigenvalue weighted by molar-refractivity contribution is -0.137. The minimum Gasteiger partial charge on any atom is -0.318 e. The van der Waals surface area contributed by atoms with Crippen LogP contribution in [-0.2, 0) is 18.0 Å². The van der Waals surface area contributed by atoms with E-state index in [2.05, 4.69) is 6.07 Å². The topological polar surface area (TPSA) is 86.4 Å². The number of alkyl halides is 3. The first-order chi connectivity index (χ1) is 17.8. The highest BCUT2D eigenvalue weighted by atomic mass is 19.4. The molecular weight excluding hydrogens is 497 g/mol. The second-order valence-electron chi connectivity index (χ2n) is 9.02. The Morgan fingerprint density at radius 2 is 1.74 bits per heavy atom. The number of aryl methyl sites for hydroxylation is 1. The zero-order valence-corrected chi connectivity index (χ0v) is 21.0. The second kappa shape index (κ2) is 9.67. The van der Waals surface area contributed by atoms with Crippen LogP contribution < -0.4 is 10.5 Å². The fourth-order valence-electron chi connectivity index (χ4n) is 4.73. The first kappa shape index (κ1) is 26.4. The molecule has 0 saturated carbocycles. The maximum atomic E-state index is 13.6. The smallest absolute Gasteiger partial charge is 0.318 e. The van der Waals surface area contributed by atoms with Crippen LogP contribution in [0.4, 0.5) is 23.7 Å². The molecule has 2 amide bonds. The highest BCUT2D eigenvalue weighted by Crippen LogP contribution is 2.43. The van der Waals surface area contributed by atoms with Gasteiger partial charge >= 0.3 is 12.2 Å². The van der Waals surface area contributed by atoms with E-state index in [9.17, 15) is 32.8 Å².